The lowest BCUT2D eigenvalue weighted by Crippen LogP contribution is -2.23. The van der Waals surface area contributed by atoms with Gasteiger partial charge in [-0.05, 0) is 55.0 Å². The fourth-order valence-electron chi connectivity index (χ4n) is 2.79. The Morgan fingerprint density at radius 3 is 2.21 bits per heavy atom. The maximum atomic E-state index is 12.5. The zero-order chi connectivity index (χ0) is 19.9. The van der Waals surface area contributed by atoms with E-state index in [-0.39, 0.29) is 11.8 Å². The molecule has 2 amide bonds. The number of carbonyl (C=O) groups excluding carboxylic acids is 2. The largest absolute Gasteiger partial charge is 0.497 e. The van der Waals surface area contributed by atoms with E-state index in [1.165, 1.54) is 0 Å². The molecule has 0 heterocycles. The molecule has 0 radical (unpaired) electrons. The van der Waals surface area contributed by atoms with Crippen molar-refractivity contribution in [1.29, 1.82) is 0 Å². The van der Waals surface area contributed by atoms with Gasteiger partial charge in [0.1, 0.15) is 5.75 Å². The number of rotatable bonds is 6. The van der Waals surface area contributed by atoms with E-state index >= 15 is 0 Å². The van der Waals surface area contributed by atoms with Crippen molar-refractivity contribution in [2.24, 2.45) is 0 Å². The molecule has 3 aromatic rings. The Morgan fingerprint density at radius 1 is 0.857 bits per heavy atom. The first kappa shape index (κ1) is 19.2. The van der Waals surface area contributed by atoms with Gasteiger partial charge in [0.05, 0.1) is 7.11 Å². The lowest BCUT2D eigenvalue weighted by atomic mass is 10.1. The molecule has 0 saturated heterocycles. The Kier molecular flexibility index (Phi) is 6.07. The van der Waals surface area contributed by atoms with E-state index in [0.717, 1.165) is 11.1 Å². The van der Waals surface area contributed by atoms with Crippen molar-refractivity contribution in [3.63, 3.8) is 0 Å². The fourth-order valence-corrected chi connectivity index (χ4v) is 2.79. The third-order valence-corrected chi connectivity index (χ3v) is 4.27. The van der Waals surface area contributed by atoms with E-state index in [1.54, 1.807) is 55.6 Å². The molecule has 0 aliphatic heterocycles. The van der Waals surface area contributed by atoms with Gasteiger partial charge in [0.15, 0.2) is 0 Å². The highest BCUT2D eigenvalue weighted by atomic mass is 16.5. The number of aryl methyl sites for hydroxylation is 1. The van der Waals surface area contributed by atoms with E-state index in [1.807, 2.05) is 31.2 Å². The van der Waals surface area contributed by atoms with Crippen molar-refractivity contribution in [3.05, 3.63) is 95.1 Å². The second-order valence-corrected chi connectivity index (χ2v) is 6.44. The minimum Gasteiger partial charge on any atom is -0.497 e. The number of benzene rings is 3. The van der Waals surface area contributed by atoms with Crippen molar-refractivity contribution in [3.8, 4) is 5.75 Å². The maximum Gasteiger partial charge on any atom is 0.255 e. The lowest BCUT2D eigenvalue weighted by molar-refractivity contribution is 0.0951. The quantitative estimate of drug-likeness (QED) is 0.680. The number of carbonyl (C=O) groups is 2. The van der Waals surface area contributed by atoms with Crippen LogP contribution in [-0.4, -0.2) is 18.9 Å². The van der Waals surface area contributed by atoms with Crippen molar-refractivity contribution in [1.82, 2.24) is 5.32 Å². The van der Waals surface area contributed by atoms with Crippen LogP contribution >= 0.6 is 0 Å². The Bertz CT molecular complexity index is 981. The average molecular weight is 374 g/mol. The summed E-state index contributed by atoms with van der Waals surface area (Å²) >= 11 is 0. The minimum atomic E-state index is -0.279. The molecule has 5 nitrogen and oxygen atoms in total. The van der Waals surface area contributed by atoms with Crippen molar-refractivity contribution < 1.29 is 14.3 Å². The van der Waals surface area contributed by atoms with Crippen molar-refractivity contribution in [2.75, 3.05) is 12.4 Å². The molecular weight excluding hydrogens is 352 g/mol. The molecule has 0 atom stereocenters. The maximum absolute atomic E-state index is 12.5. The summed E-state index contributed by atoms with van der Waals surface area (Å²) in [5.74, 6) is 0.212. The van der Waals surface area contributed by atoms with Gasteiger partial charge in [-0.1, -0.05) is 35.9 Å². The smallest absolute Gasteiger partial charge is 0.255 e. The summed E-state index contributed by atoms with van der Waals surface area (Å²) in [6, 6.07) is 21.7. The highest BCUT2D eigenvalue weighted by Crippen LogP contribution is 2.16. The van der Waals surface area contributed by atoms with E-state index in [4.69, 9.17) is 4.74 Å². The summed E-state index contributed by atoms with van der Waals surface area (Å²) in [4.78, 5) is 24.9. The highest BCUT2D eigenvalue weighted by molar-refractivity contribution is 6.06. The molecule has 2 N–H and O–H groups in total. The second kappa shape index (κ2) is 8.86. The van der Waals surface area contributed by atoms with E-state index in [2.05, 4.69) is 10.6 Å². The molecule has 0 aliphatic rings. The van der Waals surface area contributed by atoms with Crippen LogP contribution in [0.15, 0.2) is 72.8 Å². The van der Waals surface area contributed by atoms with E-state index < -0.39 is 0 Å². The molecule has 0 unspecified atom stereocenters. The third-order valence-electron chi connectivity index (χ3n) is 4.27. The van der Waals surface area contributed by atoms with Crippen LogP contribution in [0.1, 0.15) is 31.8 Å². The molecule has 0 spiro atoms. The predicted octanol–water partition coefficient (Wildman–Crippen LogP) is 4.19. The summed E-state index contributed by atoms with van der Waals surface area (Å²) in [5.41, 5.74) is 3.68. The third kappa shape index (κ3) is 4.98. The minimum absolute atomic E-state index is 0.222. The Balaban J connectivity index is 1.65. The summed E-state index contributed by atoms with van der Waals surface area (Å²) in [6.07, 6.45) is 0. The molecule has 3 rings (SSSR count). The number of hydrogen-bond acceptors (Lipinski definition) is 3. The molecule has 28 heavy (non-hydrogen) atoms. The molecule has 0 aliphatic carbocycles. The Morgan fingerprint density at radius 2 is 1.54 bits per heavy atom. The molecule has 0 fully saturated rings. The van der Waals surface area contributed by atoms with E-state index in [9.17, 15) is 9.59 Å². The van der Waals surface area contributed by atoms with Crippen LogP contribution in [0.2, 0.25) is 0 Å². The van der Waals surface area contributed by atoms with Crippen molar-refractivity contribution in [2.45, 2.75) is 13.5 Å². The number of anilines is 1. The molecule has 142 valence electrons. The average Bonchev–Trinajstić information content (AvgIpc) is 2.72. The first-order chi connectivity index (χ1) is 13.5. The summed E-state index contributed by atoms with van der Waals surface area (Å²) in [7, 11) is 1.59. The monoisotopic (exact) mass is 374 g/mol. The standard InChI is InChI=1S/C23H22N2O3/c1-16-5-3-6-17(13-16)15-24-22(26)18-7-4-8-19(14-18)23(27)25-20-9-11-21(28-2)12-10-20/h3-14H,15H2,1-2H3,(H,24,26)(H,25,27). The number of hydrogen-bond donors (Lipinski definition) is 2. The summed E-state index contributed by atoms with van der Waals surface area (Å²) in [5, 5.41) is 5.70. The van der Waals surface area contributed by atoms with Gasteiger partial charge in [-0.2, -0.15) is 0 Å². The molecule has 3 aromatic carbocycles. The van der Waals surface area contributed by atoms with Crippen LogP contribution in [0, 0.1) is 6.92 Å². The number of methoxy groups -OCH3 is 1. The summed E-state index contributed by atoms with van der Waals surface area (Å²) in [6.45, 7) is 2.44. The van der Waals surface area contributed by atoms with Crippen LogP contribution in [0.25, 0.3) is 0 Å². The van der Waals surface area contributed by atoms with Gasteiger partial charge < -0.3 is 15.4 Å². The van der Waals surface area contributed by atoms with Crippen LogP contribution in [0.3, 0.4) is 0 Å². The normalized spacial score (nSPS) is 10.2. The Hall–Kier alpha value is -3.60. The highest BCUT2D eigenvalue weighted by Gasteiger charge is 2.11. The van der Waals surface area contributed by atoms with Crippen LogP contribution in [0.4, 0.5) is 5.69 Å². The lowest BCUT2D eigenvalue weighted by Gasteiger charge is -2.09. The summed E-state index contributed by atoms with van der Waals surface area (Å²) < 4.78 is 5.11. The van der Waals surface area contributed by atoms with Gasteiger partial charge in [-0.3, -0.25) is 9.59 Å². The van der Waals surface area contributed by atoms with Gasteiger partial charge in [-0.25, -0.2) is 0 Å². The molecular formula is C23H22N2O3. The molecule has 0 saturated carbocycles. The van der Waals surface area contributed by atoms with Crippen LogP contribution < -0.4 is 15.4 Å². The number of ether oxygens (including phenoxy) is 1. The van der Waals surface area contributed by atoms with Gasteiger partial charge >= 0.3 is 0 Å². The van der Waals surface area contributed by atoms with Crippen LogP contribution in [-0.2, 0) is 6.54 Å². The first-order valence-corrected chi connectivity index (χ1v) is 8.94. The van der Waals surface area contributed by atoms with Crippen LogP contribution in [0.5, 0.6) is 5.75 Å². The van der Waals surface area contributed by atoms with Gasteiger partial charge in [-0.15, -0.1) is 0 Å². The predicted molar refractivity (Wildman–Crippen MR) is 110 cm³/mol. The number of nitrogens with one attached hydrogen (secondary N) is 2. The Labute approximate surface area is 164 Å². The molecule has 0 bridgehead atoms. The first-order valence-electron chi connectivity index (χ1n) is 8.94. The molecule has 5 heteroatoms. The van der Waals surface area contributed by atoms with Gasteiger partial charge in [0.2, 0.25) is 0 Å². The zero-order valence-corrected chi connectivity index (χ0v) is 15.9. The van der Waals surface area contributed by atoms with E-state index in [0.29, 0.717) is 29.1 Å². The molecule has 0 aromatic heterocycles. The SMILES string of the molecule is COc1ccc(NC(=O)c2cccc(C(=O)NCc3cccc(C)c3)c2)cc1. The van der Waals surface area contributed by atoms with Crippen molar-refractivity contribution >= 4 is 17.5 Å². The van der Waals surface area contributed by atoms with Gasteiger partial charge in [0, 0.05) is 23.4 Å². The van der Waals surface area contributed by atoms with Gasteiger partial charge in [0.25, 0.3) is 11.8 Å². The topological polar surface area (TPSA) is 67.4 Å². The number of amides is 2. The second-order valence-electron chi connectivity index (χ2n) is 6.44. The fraction of sp³-hybridized carbons (Fsp3) is 0.130. The zero-order valence-electron chi connectivity index (χ0n) is 15.9.